The fraction of sp³-hybridized carbons (Fsp3) is 0.385. The van der Waals surface area contributed by atoms with Crippen LogP contribution in [0.2, 0.25) is 0 Å². The lowest BCUT2D eigenvalue weighted by Gasteiger charge is -2.23. The van der Waals surface area contributed by atoms with Crippen molar-refractivity contribution in [3.8, 4) is 17.0 Å². The van der Waals surface area contributed by atoms with Crippen molar-refractivity contribution in [3.63, 3.8) is 0 Å². The van der Waals surface area contributed by atoms with Gasteiger partial charge in [0.25, 0.3) is 5.88 Å². The van der Waals surface area contributed by atoms with E-state index >= 15 is 0 Å². The van der Waals surface area contributed by atoms with E-state index in [2.05, 4.69) is 15.5 Å². The van der Waals surface area contributed by atoms with Crippen LogP contribution in [0.25, 0.3) is 11.1 Å². The summed E-state index contributed by atoms with van der Waals surface area (Å²) in [6.45, 7) is 6.08. The number of ether oxygens (including phenoxy) is 3. The molecule has 1 N–H and O–H groups in total. The van der Waals surface area contributed by atoms with Gasteiger partial charge in [-0.3, -0.25) is 9.88 Å². The number of aromatic nitrogens is 2. The minimum absolute atomic E-state index is 0.190. The number of rotatable bonds is 7. The molecule has 1 atom stereocenters. The number of cyclic esters (lactones) is 1. The second-order valence-electron chi connectivity index (χ2n) is 9.95. The summed E-state index contributed by atoms with van der Waals surface area (Å²) >= 11 is 0. The van der Waals surface area contributed by atoms with Gasteiger partial charge in [-0.2, -0.15) is 0 Å². The van der Waals surface area contributed by atoms with Crippen molar-refractivity contribution >= 4 is 17.9 Å². The van der Waals surface area contributed by atoms with Gasteiger partial charge in [-0.05, 0) is 62.5 Å². The molecule has 10 heteroatoms. The summed E-state index contributed by atoms with van der Waals surface area (Å²) in [5.74, 6) is 0.349. The Morgan fingerprint density at radius 3 is 2.50 bits per heavy atom. The number of carbonyl (C=O) groups is 2. The maximum atomic E-state index is 12.4. The molecule has 2 fully saturated rings. The second-order valence-corrected chi connectivity index (χ2v) is 9.95. The van der Waals surface area contributed by atoms with Crippen molar-refractivity contribution in [3.05, 3.63) is 60.6 Å². The van der Waals surface area contributed by atoms with E-state index in [0.29, 0.717) is 12.4 Å². The highest BCUT2D eigenvalue weighted by Crippen LogP contribution is 2.45. The number of hydrogen-bond donors (Lipinski definition) is 1. The number of nitrogens with zero attached hydrogens (tertiary/aromatic N) is 3. The van der Waals surface area contributed by atoms with Crippen LogP contribution in [0.5, 0.6) is 5.88 Å². The third-order valence-electron chi connectivity index (χ3n) is 5.96. The van der Waals surface area contributed by atoms with Gasteiger partial charge in [0.15, 0.2) is 6.10 Å². The molecule has 1 aromatic carbocycles. The molecule has 0 spiro atoms. The average molecular weight is 493 g/mol. The van der Waals surface area contributed by atoms with E-state index in [0.717, 1.165) is 35.3 Å². The Kier molecular flexibility index (Phi) is 6.03. The van der Waals surface area contributed by atoms with Gasteiger partial charge in [0, 0.05) is 23.5 Å². The standard InChI is InChI=1S/C26H28N4O6/c1-25(2,3)36-23(31)28-26(11-12-26)21-9-6-18(14-27-21)17-4-7-19(8-5-17)30-15-20(35-24(30)32)16-33-22-10-13-34-29-22/h4-10,13-14,20H,11-12,15-16H2,1-3H3,(H,28,31)/t20-/m1/s1. The molecule has 188 valence electrons. The van der Waals surface area contributed by atoms with Crippen LogP contribution in [0.3, 0.4) is 0 Å². The molecular weight excluding hydrogens is 464 g/mol. The highest BCUT2D eigenvalue weighted by molar-refractivity contribution is 5.90. The molecule has 0 unspecified atom stereocenters. The molecule has 1 saturated heterocycles. The third-order valence-corrected chi connectivity index (χ3v) is 5.96. The third kappa shape index (κ3) is 5.27. The maximum Gasteiger partial charge on any atom is 0.414 e. The molecule has 3 heterocycles. The SMILES string of the molecule is CC(C)(C)OC(=O)NC1(c2ccc(-c3ccc(N4C[C@H](COc5ccon5)OC4=O)cc3)cn2)CC1. The number of hydrogen-bond acceptors (Lipinski definition) is 8. The van der Waals surface area contributed by atoms with Crippen LogP contribution in [-0.4, -0.2) is 47.2 Å². The predicted octanol–water partition coefficient (Wildman–Crippen LogP) is 4.65. The molecule has 2 aromatic heterocycles. The van der Waals surface area contributed by atoms with Crippen LogP contribution in [0.15, 0.2) is 59.4 Å². The zero-order valence-electron chi connectivity index (χ0n) is 20.4. The summed E-state index contributed by atoms with van der Waals surface area (Å²) in [4.78, 5) is 30.8. The average Bonchev–Trinajstić information content (AvgIpc) is 3.24. The van der Waals surface area contributed by atoms with Gasteiger partial charge in [-0.1, -0.05) is 18.2 Å². The van der Waals surface area contributed by atoms with Gasteiger partial charge in [0.05, 0.1) is 17.8 Å². The summed E-state index contributed by atoms with van der Waals surface area (Å²) < 4.78 is 21.0. The number of alkyl carbamates (subject to hydrolysis) is 1. The van der Waals surface area contributed by atoms with Gasteiger partial charge in [0.2, 0.25) is 0 Å². The molecule has 2 aliphatic rings. The molecule has 2 amide bonds. The lowest BCUT2D eigenvalue weighted by atomic mass is 10.0. The molecule has 0 bridgehead atoms. The van der Waals surface area contributed by atoms with Crippen LogP contribution in [0.4, 0.5) is 15.3 Å². The first kappa shape index (κ1) is 23.7. The summed E-state index contributed by atoms with van der Waals surface area (Å²) in [6.07, 6.45) is 3.59. The highest BCUT2D eigenvalue weighted by atomic mass is 16.6. The topological polar surface area (TPSA) is 116 Å². The van der Waals surface area contributed by atoms with E-state index in [-0.39, 0.29) is 6.61 Å². The van der Waals surface area contributed by atoms with E-state index < -0.39 is 29.4 Å². The summed E-state index contributed by atoms with van der Waals surface area (Å²) in [6, 6.07) is 13.1. The van der Waals surface area contributed by atoms with Crippen LogP contribution >= 0.6 is 0 Å². The molecule has 1 aliphatic carbocycles. The van der Waals surface area contributed by atoms with Crippen molar-refractivity contribution in [2.45, 2.75) is 50.9 Å². The van der Waals surface area contributed by atoms with E-state index in [1.54, 1.807) is 17.2 Å². The monoisotopic (exact) mass is 492 g/mol. The summed E-state index contributed by atoms with van der Waals surface area (Å²) in [5, 5.41) is 6.65. The van der Waals surface area contributed by atoms with E-state index in [4.69, 9.17) is 18.7 Å². The van der Waals surface area contributed by atoms with Crippen LogP contribution in [0, 0.1) is 0 Å². The van der Waals surface area contributed by atoms with Crippen molar-refractivity contribution in [1.82, 2.24) is 15.5 Å². The molecule has 0 radical (unpaired) electrons. The number of carbonyl (C=O) groups excluding carboxylic acids is 2. The van der Waals surface area contributed by atoms with Crippen LogP contribution < -0.4 is 15.0 Å². The lowest BCUT2D eigenvalue weighted by Crippen LogP contribution is -2.39. The Morgan fingerprint density at radius 2 is 1.89 bits per heavy atom. The van der Waals surface area contributed by atoms with Gasteiger partial charge >= 0.3 is 12.2 Å². The van der Waals surface area contributed by atoms with Gasteiger partial charge < -0.3 is 24.1 Å². The molecule has 1 aliphatic heterocycles. The molecule has 3 aromatic rings. The first-order chi connectivity index (χ1) is 17.2. The summed E-state index contributed by atoms with van der Waals surface area (Å²) in [7, 11) is 0. The Balaban J connectivity index is 1.20. The lowest BCUT2D eigenvalue weighted by molar-refractivity contribution is 0.0493. The van der Waals surface area contributed by atoms with Crippen LogP contribution in [-0.2, 0) is 15.0 Å². The normalized spacial score (nSPS) is 18.5. The highest BCUT2D eigenvalue weighted by Gasteiger charge is 2.48. The predicted molar refractivity (Wildman–Crippen MR) is 130 cm³/mol. The second kappa shape index (κ2) is 9.18. The summed E-state index contributed by atoms with van der Waals surface area (Å²) in [5.41, 5.74) is 2.42. The van der Waals surface area contributed by atoms with Gasteiger partial charge in [0.1, 0.15) is 18.5 Å². The number of pyridine rings is 1. The quantitative estimate of drug-likeness (QED) is 0.507. The van der Waals surface area contributed by atoms with Crippen molar-refractivity contribution in [2.24, 2.45) is 0 Å². The fourth-order valence-electron chi connectivity index (χ4n) is 4.02. The zero-order chi connectivity index (χ0) is 25.3. The van der Waals surface area contributed by atoms with E-state index in [1.165, 1.54) is 6.26 Å². The number of nitrogens with one attached hydrogen (secondary N) is 1. The minimum Gasteiger partial charge on any atom is -0.471 e. The number of amides is 2. The largest absolute Gasteiger partial charge is 0.471 e. The molecule has 5 rings (SSSR count). The Bertz CT molecular complexity index is 1210. The zero-order valence-corrected chi connectivity index (χ0v) is 20.4. The van der Waals surface area contributed by atoms with Gasteiger partial charge in [-0.25, -0.2) is 9.59 Å². The van der Waals surface area contributed by atoms with Crippen molar-refractivity contribution in [2.75, 3.05) is 18.1 Å². The molecule has 36 heavy (non-hydrogen) atoms. The number of anilines is 1. The number of benzene rings is 1. The van der Waals surface area contributed by atoms with E-state index in [9.17, 15) is 9.59 Å². The molecular formula is C26H28N4O6. The van der Waals surface area contributed by atoms with E-state index in [1.807, 2.05) is 57.2 Å². The fourth-order valence-corrected chi connectivity index (χ4v) is 4.02. The Labute approximate surface area is 208 Å². The van der Waals surface area contributed by atoms with Crippen molar-refractivity contribution < 1.29 is 28.3 Å². The van der Waals surface area contributed by atoms with Gasteiger partial charge in [-0.15, -0.1) is 0 Å². The molecule has 10 nitrogen and oxygen atoms in total. The maximum absolute atomic E-state index is 12.4. The first-order valence-corrected chi connectivity index (χ1v) is 11.8. The molecule has 1 saturated carbocycles. The Morgan fingerprint density at radius 1 is 1.14 bits per heavy atom. The Hall–Kier alpha value is -4.08. The first-order valence-electron chi connectivity index (χ1n) is 11.8. The van der Waals surface area contributed by atoms with Crippen LogP contribution in [0.1, 0.15) is 39.3 Å². The van der Waals surface area contributed by atoms with Crippen molar-refractivity contribution in [1.29, 1.82) is 0 Å². The smallest absolute Gasteiger partial charge is 0.414 e. The minimum atomic E-state index is -0.554.